The number of hydrogen-bond acceptors (Lipinski definition) is 8. The summed E-state index contributed by atoms with van der Waals surface area (Å²) in [7, 11) is 0. The van der Waals surface area contributed by atoms with Crippen LogP contribution in [0.1, 0.15) is 67.7 Å². The number of hydrogen-bond donors (Lipinski definition) is 6. The van der Waals surface area contributed by atoms with Crippen LogP contribution in [-0.4, -0.2) is 88.1 Å². The largest absolute Gasteiger partial charge is 0.481 e. The Morgan fingerprint density at radius 1 is 0.800 bits per heavy atom. The van der Waals surface area contributed by atoms with Crippen LogP contribution < -0.4 is 21.3 Å². The number of carbonyl (C=O) groups excluding carboxylic acids is 3. The molecule has 0 aliphatic rings. The zero-order valence-corrected chi connectivity index (χ0v) is 23.0. The number of amides is 2. The average Bonchev–Trinajstić information content (AvgIpc) is 2.74. The summed E-state index contributed by atoms with van der Waals surface area (Å²) in [6.07, 6.45) is -0.152. The number of aliphatic hydroxyl groups is 1. The van der Waals surface area contributed by atoms with Gasteiger partial charge < -0.3 is 31.5 Å². The molecule has 0 aromatic rings. The molecule has 2 amide bonds. The molecule has 0 aromatic carbocycles. The normalized spacial score (nSPS) is 15.1. The monoisotopic (exact) mass is 518 g/mol. The molecule has 0 heterocycles. The van der Waals surface area contributed by atoms with Crippen molar-refractivity contribution in [3.63, 3.8) is 0 Å². The van der Waals surface area contributed by atoms with Gasteiger partial charge in [0.25, 0.3) is 0 Å². The van der Waals surface area contributed by atoms with E-state index in [0.717, 1.165) is 0 Å². The Hall–Kier alpha value is -1.69. The minimum atomic E-state index is -0.985. The summed E-state index contributed by atoms with van der Waals surface area (Å²) in [5.74, 6) is -1.02. The van der Waals surface area contributed by atoms with E-state index < -0.39 is 36.1 Å². The highest BCUT2D eigenvalue weighted by Gasteiger charge is 2.28. The molecule has 0 fully saturated rings. The number of carboxylic acids is 1. The SMILES string of the molecule is CC(C)N[C@@H](CCSC[C@H](NC(=O)[C@H](CCC(=O)O)NC(C)C)C(=O)C(C)C)C(=O)NC[C@@H](C)O. The summed E-state index contributed by atoms with van der Waals surface area (Å²) in [6.45, 7) is 12.9. The number of Topliss-reactive ketones (excluding diaryl/α,β-unsaturated/α-hetero) is 1. The third kappa shape index (κ3) is 15.8. The van der Waals surface area contributed by atoms with E-state index in [0.29, 0.717) is 17.9 Å². The molecular weight excluding hydrogens is 472 g/mol. The van der Waals surface area contributed by atoms with Crippen molar-refractivity contribution in [2.45, 2.75) is 104 Å². The van der Waals surface area contributed by atoms with Crippen molar-refractivity contribution >= 4 is 35.3 Å². The van der Waals surface area contributed by atoms with Gasteiger partial charge >= 0.3 is 5.97 Å². The van der Waals surface area contributed by atoms with Crippen molar-refractivity contribution in [2.75, 3.05) is 18.1 Å². The number of carboxylic acid groups (broad SMARTS) is 1. The molecule has 35 heavy (non-hydrogen) atoms. The predicted molar refractivity (Wildman–Crippen MR) is 139 cm³/mol. The van der Waals surface area contributed by atoms with Crippen molar-refractivity contribution in [1.29, 1.82) is 0 Å². The van der Waals surface area contributed by atoms with Crippen LogP contribution in [0.3, 0.4) is 0 Å². The molecule has 0 aliphatic heterocycles. The lowest BCUT2D eigenvalue weighted by atomic mass is 10.0. The molecule has 11 heteroatoms. The summed E-state index contributed by atoms with van der Waals surface area (Å²) in [6, 6.07) is -1.80. The van der Waals surface area contributed by atoms with E-state index in [2.05, 4.69) is 21.3 Å². The summed E-state index contributed by atoms with van der Waals surface area (Å²) in [5.41, 5.74) is 0. The smallest absolute Gasteiger partial charge is 0.303 e. The van der Waals surface area contributed by atoms with Crippen LogP contribution in [0.2, 0.25) is 0 Å². The van der Waals surface area contributed by atoms with E-state index in [9.17, 15) is 24.3 Å². The third-order valence-electron chi connectivity index (χ3n) is 4.98. The van der Waals surface area contributed by atoms with Crippen LogP contribution >= 0.6 is 11.8 Å². The first-order valence-corrected chi connectivity index (χ1v) is 13.5. The van der Waals surface area contributed by atoms with Crippen LogP contribution in [0.15, 0.2) is 0 Å². The lowest BCUT2D eigenvalue weighted by Gasteiger charge is -2.25. The van der Waals surface area contributed by atoms with Gasteiger partial charge in [-0.3, -0.25) is 19.2 Å². The summed E-state index contributed by atoms with van der Waals surface area (Å²) in [4.78, 5) is 49.1. The van der Waals surface area contributed by atoms with Gasteiger partial charge in [0.1, 0.15) is 0 Å². The van der Waals surface area contributed by atoms with Gasteiger partial charge in [-0.05, 0) is 25.5 Å². The first-order chi connectivity index (χ1) is 16.2. The zero-order chi connectivity index (χ0) is 27.1. The van der Waals surface area contributed by atoms with Crippen molar-refractivity contribution in [3.05, 3.63) is 0 Å². The van der Waals surface area contributed by atoms with E-state index in [4.69, 9.17) is 5.11 Å². The Morgan fingerprint density at radius 2 is 1.34 bits per heavy atom. The molecule has 0 bridgehead atoms. The minimum Gasteiger partial charge on any atom is -0.481 e. The molecule has 0 aliphatic carbocycles. The van der Waals surface area contributed by atoms with Crippen molar-refractivity contribution in [1.82, 2.24) is 21.3 Å². The van der Waals surface area contributed by atoms with E-state index in [-0.39, 0.29) is 49.1 Å². The highest BCUT2D eigenvalue weighted by Crippen LogP contribution is 2.12. The standard InChI is InChI=1S/C24H46N4O6S/c1-14(2)22(32)20(28-24(34)18(26-15(3)4)8-9-21(30)31)13-35-11-10-19(27-16(5)6)23(33)25-12-17(7)29/h14-20,26-27,29H,8-13H2,1-7H3,(H,25,33)(H,28,34)(H,30,31)/t17-,18+,19+,20+/m1/s1. The molecule has 10 nitrogen and oxygen atoms in total. The zero-order valence-electron chi connectivity index (χ0n) is 22.2. The van der Waals surface area contributed by atoms with Crippen LogP contribution in [0.25, 0.3) is 0 Å². The van der Waals surface area contributed by atoms with Crippen LogP contribution in [-0.2, 0) is 19.2 Å². The topological polar surface area (TPSA) is 157 Å². The Balaban J connectivity index is 5.11. The summed E-state index contributed by atoms with van der Waals surface area (Å²) in [5, 5.41) is 30.3. The molecular formula is C24H46N4O6S. The second kappa shape index (κ2) is 17.7. The molecule has 0 aromatic heterocycles. The van der Waals surface area contributed by atoms with Crippen molar-refractivity contribution in [3.8, 4) is 0 Å². The molecule has 204 valence electrons. The molecule has 0 spiro atoms. The first kappa shape index (κ1) is 33.3. The van der Waals surface area contributed by atoms with Gasteiger partial charge in [-0.2, -0.15) is 11.8 Å². The number of aliphatic carboxylic acids is 1. The maximum Gasteiger partial charge on any atom is 0.303 e. The van der Waals surface area contributed by atoms with E-state index in [1.165, 1.54) is 11.8 Å². The maximum atomic E-state index is 12.9. The van der Waals surface area contributed by atoms with Gasteiger partial charge in [-0.25, -0.2) is 0 Å². The Bertz CT molecular complexity index is 672. The number of aliphatic hydroxyl groups excluding tert-OH is 1. The second-order valence-corrected chi connectivity index (χ2v) is 10.9. The summed E-state index contributed by atoms with van der Waals surface area (Å²) < 4.78 is 0. The number of carbonyl (C=O) groups is 4. The molecule has 0 radical (unpaired) electrons. The fourth-order valence-corrected chi connectivity index (χ4v) is 4.35. The molecule has 0 saturated heterocycles. The van der Waals surface area contributed by atoms with Crippen LogP contribution in [0.5, 0.6) is 0 Å². The lowest BCUT2D eigenvalue weighted by molar-refractivity contribution is -0.137. The first-order valence-electron chi connectivity index (χ1n) is 12.4. The second-order valence-electron chi connectivity index (χ2n) is 9.76. The highest BCUT2D eigenvalue weighted by molar-refractivity contribution is 7.99. The van der Waals surface area contributed by atoms with Gasteiger partial charge in [0.2, 0.25) is 11.8 Å². The fourth-order valence-electron chi connectivity index (χ4n) is 3.30. The van der Waals surface area contributed by atoms with Crippen molar-refractivity contribution < 1.29 is 29.4 Å². The van der Waals surface area contributed by atoms with E-state index in [1.54, 1.807) is 20.8 Å². The number of nitrogens with one attached hydrogen (secondary N) is 4. The maximum absolute atomic E-state index is 12.9. The van der Waals surface area contributed by atoms with Crippen LogP contribution in [0, 0.1) is 5.92 Å². The Kier molecular flexibility index (Phi) is 16.8. The van der Waals surface area contributed by atoms with Gasteiger partial charge in [0, 0.05) is 36.7 Å². The van der Waals surface area contributed by atoms with Gasteiger partial charge in [0.15, 0.2) is 5.78 Å². The fraction of sp³-hybridized carbons (Fsp3) is 0.833. The lowest BCUT2D eigenvalue weighted by Crippen LogP contribution is -2.53. The average molecular weight is 519 g/mol. The van der Waals surface area contributed by atoms with Crippen LogP contribution in [0.4, 0.5) is 0 Å². The quantitative estimate of drug-likeness (QED) is 0.137. The Labute approximate surface area is 214 Å². The van der Waals surface area contributed by atoms with Crippen molar-refractivity contribution in [2.24, 2.45) is 5.92 Å². The molecule has 0 saturated carbocycles. The number of thioether (sulfide) groups is 1. The Morgan fingerprint density at radius 3 is 1.80 bits per heavy atom. The van der Waals surface area contributed by atoms with E-state index in [1.807, 2.05) is 27.7 Å². The number of rotatable bonds is 19. The molecule has 0 unspecified atom stereocenters. The number of ketones is 1. The highest BCUT2D eigenvalue weighted by atomic mass is 32.2. The molecule has 0 rings (SSSR count). The predicted octanol–water partition coefficient (Wildman–Crippen LogP) is 0.915. The minimum absolute atomic E-state index is 0.0291. The molecule has 6 N–H and O–H groups in total. The summed E-state index contributed by atoms with van der Waals surface area (Å²) >= 11 is 1.47. The third-order valence-corrected chi connectivity index (χ3v) is 6.08. The van der Waals surface area contributed by atoms with E-state index >= 15 is 0 Å². The van der Waals surface area contributed by atoms with Gasteiger partial charge in [-0.15, -0.1) is 0 Å². The molecule has 4 atom stereocenters. The van der Waals surface area contributed by atoms with Gasteiger partial charge in [0.05, 0.1) is 24.2 Å². The van der Waals surface area contributed by atoms with Gasteiger partial charge in [-0.1, -0.05) is 41.5 Å².